The van der Waals surface area contributed by atoms with Gasteiger partial charge in [0.15, 0.2) is 0 Å². The lowest BCUT2D eigenvalue weighted by Gasteiger charge is -2.08. The molecule has 1 aliphatic rings. The SMILES string of the molecule is Cc1nn(Cc2ccccc2)c(Cl)c1C(=O)Nc1ccc2c(c1)Cc1ccccc1-2. The van der Waals surface area contributed by atoms with Crippen LogP contribution in [0.25, 0.3) is 11.1 Å². The second-order valence-corrected chi connectivity index (χ2v) is 7.91. The zero-order chi connectivity index (χ0) is 20.7. The van der Waals surface area contributed by atoms with E-state index in [1.807, 2.05) is 49.4 Å². The van der Waals surface area contributed by atoms with Gasteiger partial charge in [0.25, 0.3) is 5.91 Å². The van der Waals surface area contributed by atoms with Gasteiger partial charge in [-0.05, 0) is 53.3 Å². The summed E-state index contributed by atoms with van der Waals surface area (Å²) in [4.78, 5) is 13.0. The normalized spacial score (nSPS) is 11.8. The van der Waals surface area contributed by atoms with Crippen LogP contribution in [0, 0.1) is 6.92 Å². The molecule has 0 aliphatic heterocycles. The Kier molecular flexibility index (Phi) is 4.64. The standard InChI is InChI=1S/C25H20ClN3O/c1-16-23(24(26)29(28-16)15-17-7-3-2-4-8-17)25(30)27-20-11-12-22-19(14-20)13-18-9-5-6-10-21(18)22/h2-12,14H,13,15H2,1H3,(H,27,30). The number of benzene rings is 3. The van der Waals surface area contributed by atoms with E-state index in [0.29, 0.717) is 23.0 Å². The molecule has 0 bridgehead atoms. The highest BCUT2D eigenvalue weighted by Crippen LogP contribution is 2.37. The third-order valence-corrected chi connectivity index (χ3v) is 5.90. The van der Waals surface area contributed by atoms with Crippen molar-refractivity contribution < 1.29 is 4.79 Å². The van der Waals surface area contributed by atoms with Crippen molar-refractivity contribution in [3.63, 3.8) is 0 Å². The minimum Gasteiger partial charge on any atom is -0.322 e. The van der Waals surface area contributed by atoms with Crippen molar-refractivity contribution in [1.29, 1.82) is 0 Å². The molecule has 4 nitrogen and oxygen atoms in total. The van der Waals surface area contributed by atoms with E-state index in [4.69, 9.17) is 11.6 Å². The topological polar surface area (TPSA) is 46.9 Å². The number of anilines is 1. The van der Waals surface area contributed by atoms with Gasteiger partial charge in [0.1, 0.15) is 5.15 Å². The van der Waals surface area contributed by atoms with Gasteiger partial charge in [0.2, 0.25) is 0 Å². The fourth-order valence-corrected chi connectivity index (χ4v) is 4.41. The Hall–Kier alpha value is -3.37. The summed E-state index contributed by atoms with van der Waals surface area (Å²) in [5.41, 5.74) is 7.90. The molecule has 1 N–H and O–H groups in total. The highest BCUT2D eigenvalue weighted by atomic mass is 35.5. The second kappa shape index (κ2) is 7.47. The molecule has 1 amide bonds. The Bertz CT molecular complexity index is 1260. The van der Waals surface area contributed by atoms with Gasteiger partial charge in [-0.15, -0.1) is 0 Å². The minimum atomic E-state index is -0.243. The number of carbonyl (C=O) groups is 1. The summed E-state index contributed by atoms with van der Waals surface area (Å²) in [7, 11) is 0. The number of nitrogens with one attached hydrogen (secondary N) is 1. The molecule has 0 unspecified atom stereocenters. The summed E-state index contributed by atoms with van der Waals surface area (Å²) >= 11 is 6.53. The highest BCUT2D eigenvalue weighted by molar-refractivity contribution is 6.33. The Morgan fingerprint density at radius 2 is 1.73 bits per heavy atom. The quantitative estimate of drug-likeness (QED) is 0.409. The lowest BCUT2D eigenvalue weighted by atomic mass is 10.1. The average Bonchev–Trinajstić information content (AvgIpc) is 3.25. The fourth-order valence-electron chi connectivity index (χ4n) is 4.09. The van der Waals surface area contributed by atoms with Gasteiger partial charge in [-0.3, -0.25) is 4.79 Å². The fraction of sp³-hybridized carbons (Fsp3) is 0.120. The first kappa shape index (κ1) is 18.6. The maximum absolute atomic E-state index is 13.0. The minimum absolute atomic E-state index is 0.243. The first-order chi connectivity index (χ1) is 14.6. The Morgan fingerprint density at radius 1 is 1.00 bits per heavy atom. The summed E-state index contributed by atoms with van der Waals surface area (Å²) < 4.78 is 1.67. The Labute approximate surface area is 180 Å². The van der Waals surface area contributed by atoms with E-state index in [2.05, 4.69) is 40.7 Å². The molecule has 1 aromatic heterocycles. The maximum Gasteiger partial charge on any atom is 0.260 e. The van der Waals surface area contributed by atoms with E-state index >= 15 is 0 Å². The van der Waals surface area contributed by atoms with Gasteiger partial charge in [0, 0.05) is 5.69 Å². The van der Waals surface area contributed by atoms with E-state index in [-0.39, 0.29) is 5.91 Å². The van der Waals surface area contributed by atoms with Gasteiger partial charge in [-0.2, -0.15) is 5.10 Å². The zero-order valence-electron chi connectivity index (χ0n) is 16.5. The van der Waals surface area contributed by atoms with Gasteiger partial charge >= 0.3 is 0 Å². The number of nitrogens with zero attached hydrogens (tertiary/aromatic N) is 2. The van der Waals surface area contributed by atoms with Gasteiger partial charge in [-0.25, -0.2) is 4.68 Å². The Balaban J connectivity index is 1.38. The molecule has 0 radical (unpaired) electrons. The van der Waals surface area contributed by atoms with Crippen molar-refractivity contribution in [2.24, 2.45) is 0 Å². The number of aromatic nitrogens is 2. The number of rotatable bonds is 4. The van der Waals surface area contributed by atoms with Gasteiger partial charge < -0.3 is 5.32 Å². The van der Waals surface area contributed by atoms with Crippen molar-refractivity contribution in [1.82, 2.24) is 9.78 Å². The second-order valence-electron chi connectivity index (χ2n) is 7.55. The van der Waals surface area contributed by atoms with Crippen molar-refractivity contribution in [3.8, 4) is 11.1 Å². The number of hydrogen-bond donors (Lipinski definition) is 1. The molecule has 0 spiro atoms. The molecule has 5 rings (SSSR count). The van der Waals surface area contributed by atoms with Crippen LogP contribution in [-0.2, 0) is 13.0 Å². The monoisotopic (exact) mass is 413 g/mol. The number of hydrogen-bond acceptors (Lipinski definition) is 2. The van der Waals surface area contributed by atoms with E-state index in [1.54, 1.807) is 4.68 Å². The molecule has 1 aliphatic carbocycles. The predicted molar refractivity (Wildman–Crippen MR) is 120 cm³/mol. The lowest BCUT2D eigenvalue weighted by Crippen LogP contribution is -2.13. The first-order valence-corrected chi connectivity index (χ1v) is 10.3. The first-order valence-electron chi connectivity index (χ1n) is 9.89. The molecule has 0 saturated carbocycles. The average molecular weight is 414 g/mol. The van der Waals surface area contributed by atoms with Crippen molar-refractivity contribution in [2.75, 3.05) is 5.32 Å². The molecular weight excluding hydrogens is 394 g/mol. The number of aryl methyl sites for hydroxylation is 1. The summed E-state index contributed by atoms with van der Waals surface area (Å²) in [6, 6.07) is 24.4. The summed E-state index contributed by atoms with van der Waals surface area (Å²) in [6.45, 7) is 2.33. The van der Waals surface area contributed by atoms with E-state index < -0.39 is 0 Å². The van der Waals surface area contributed by atoms with Crippen LogP contribution in [0.15, 0.2) is 72.8 Å². The molecule has 0 saturated heterocycles. The predicted octanol–water partition coefficient (Wildman–Crippen LogP) is 5.72. The van der Waals surface area contributed by atoms with Crippen LogP contribution < -0.4 is 5.32 Å². The molecule has 3 aromatic carbocycles. The Morgan fingerprint density at radius 3 is 2.57 bits per heavy atom. The number of halogens is 1. The van der Waals surface area contributed by atoms with Crippen LogP contribution in [0.2, 0.25) is 5.15 Å². The summed E-state index contributed by atoms with van der Waals surface area (Å²) in [5.74, 6) is -0.243. The van der Waals surface area contributed by atoms with E-state index in [1.165, 1.54) is 22.3 Å². The van der Waals surface area contributed by atoms with Crippen LogP contribution in [-0.4, -0.2) is 15.7 Å². The summed E-state index contributed by atoms with van der Waals surface area (Å²) in [5, 5.41) is 7.82. The third kappa shape index (κ3) is 3.29. The molecule has 30 heavy (non-hydrogen) atoms. The highest BCUT2D eigenvalue weighted by Gasteiger charge is 2.22. The van der Waals surface area contributed by atoms with Crippen molar-refractivity contribution in [3.05, 3.63) is 106 Å². The van der Waals surface area contributed by atoms with Crippen LogP contribution >= 0.6 is 11.6 Å². The van der Waals surface area contributed by atoms with Crippen molar-refractivity contribution >= 4 is 23.2 Å². The van der Waals surface area contributed by atoms with Crippen LogP contribution in [0.5, 0.6) is 0 Å². The third-order valence-electron chi connectivity index (χ3n) is 5.52. The molecule has 1 heterocycles. The summed E-state index contributed by atoms with van der Waals surface area (Å²) in [6.07, 6.45) is 0.879. The van der Waals surface area contributed by atoms with Gasteiger partial charge in [0.05, 0.1) is 17.8 Å². The van der Waals surface area contributed by atoms with Crippen LogP contribution in [0.4, 0.5) is 5.69 Å². The molecule has 0 atom stereocenters. The molecule has 148 valence electrons. The lowest BCUT2D eigenvalue weighted by molar-refractivity contribution is 0.102. The molecule has 5 heteroatoms. The number of amides is 1. The zero-order valence-corrected chi connectivity index (χ0v) is 17.3. The number of carbonyl (C=O) groups excluding carboxylic acids is 1. The largest absolute Gasteiger partial charge is 0.322 e. The number of fused-ring (bicyclic) bond motifs is 3. The van der Waals surface area contributed by atoms with Gasteiger partial charge in [-0.1, -0.05) is 72.3 Å². The van der Waals surface area contributed by atoms with E-state index in [0.717, 1.165) is 17.7 Å². The van der Waals surface area contributed by atoms with Crippen LogP contribution in [0.1, 0.15) is 32.7 Å². The van der Waals surface area contributed by atoms with E-state index in [9.17, 15) is 4.79 Å². The van der Waals surface area contributed by atoms with Crippen LogP contribution in [0.3, 0.4) is 0 Å². The molecule has 0 fully saturated rings. The molecular formula is C25H20ClN3O. The maximum atomic E-state index is 13.0. The van der Waals surface area contributed by atoms with Crippen molar-refractivity contribution in [2.45, 2.75) is 19.9 Å². The molecule has 4 aromatic rings. The smallest absolute Gasteiger partial charge is 0.260 e.